The van der Waals surface area contributed by atoms with Crippen molar-refractivity contribution >= 4 is 37.0 Å². The van der Waals surface area contributed by atoms with Crippen molar-refractivity contribution in [1.82, 2.24) is 0 Å². The maximum absolute atomic E-state index is 6.65. The number of methoxy groups -OCH3 is 1. The molecule has 0 aromatic heterocycles. The molecule has 0 amide bonds. The van der Waals surface area contributed by atoms with Crippen LogP contribution < -0.4 is 9.16 Å². The maximum atomic E-state index is 6.65. The Morgan fingerprint density at radius 2 is 1.85 bits per heavy atom. The summed E-state index contributed by atoms with van der Waals surface area (Å²) in [5, 5.41) is 0. The van der Waals surface area contributed by atoms with Gasteiger partial charge in [-0.05, 0) is 17.1 Å². The molecule has 0 aliphatic rings. The number of rotatable bonds is 7. The van der Waals surface area contributed by atoms with E-state index in [-0.39, 0.29) is 0 Å². The van der Waals surface area contributed by atoms with E-state index in [1.165, 1.54) is 0 Å². The lowest BCUT2D eigenvalue weighted by Gasteiger charge is -2.38. The molecular weight excluding hydrogens is 379 g/mol. The van der Waals surface area contributed by atoms with Crippen molar-refractivity contribution in [3.8, 4) is 11.5 Å². The molecule has 0 aliphatic carbocycles. The fourth-order valence-electron chi connectivity index (χ4n) is 2.39. The Balaban J connectivity index is 3.34. The lowest BCUT2D eigenvalue weighted by Crippen LogP contribution is -2.50. The number of hydrogen-bond donors (Lipinski definition) is 0. The number of halogens is 1. The van der Waals surface area contributed by atoms with Crippen LogP contribution in [-0.4, -0.2) is 19.5 Å². The van der Waals surface area contributed by atoms with Crippen molar-refractivity contribution in [1.29, 1.82) is 0 Å². The minimum absolute atomic E-state index is 0.543. The lowest BCUT2D eigenvalue weighted by atomic mass is 10.2. The van der Waals surface area contributed by atoms with E-state index in [1.807, 2.05) is 24.3 Å². The van der Waals surface area contributed by atoms with E-state index in [2.05, 4.69) is 56.9 Å². The van der Waals surface area contributed by atoms with Gasteiger partial charge >= 0.3 is 0 Å². The second kappa shape index (κ2) is 7.50. The zero-order valence-corrected chi connectivity index (χ0v) is 16.2. The summed E-state index contributed by atoms with van der Waals surface area (Å²) in [6.45, 7) is 13.0. The first-order valence-corrected chi connectivity index (χ1v) is 10.8. The predicted octanol–water partition coefficient (Wildman–Crippen LogP) is 5.46. The van der Waals surface area contributed by atoms with Gasteiger partial charge in [0.15, 0.2) is 11.5 Å². The van der Waals surface area contributed by atoms with Crippen LogP contribution in [0.2, 0.25) is 11.1 Å². The molecule has 2 nitrogen and oxygen atoms in total. The molecule has 0 spiro atoms. The number of hydrogen-bond acceptors (Lipinski definition) is 2. The summed E-state index contributed by atoms with van der Waals surface area (Å²) in [6.07, 6.45) is 1.84. The molecule has 1 aromatic carbocycles. The van der Waals surface area contributed by atoms with Crippen LogP contribution in [-0.2, 0) is 0 Å². The highest BCUT2D eigenvalue weighted by atomic mass is 127. The van der Waals surface area contributed by atoms with Gasteiger partial charge in [-0.25, -0.2) is 0 Å². The third-order valence-corrected chi connectivity index (χ3v) is 12.4. The first kappa shape index (κ1) is 17.6. The lowest BCUT2D eigenvalue weighted by molar-refractivity contribution is 0.386. The molecule has 0 unspecified atom stereocenters. The third kappa shape index (κ3) is 3.39. The fraction of sp³-hybridized carbons (Fsp3) is 0.500. The predicted molar refractivity (Wildman–Crippen MR) is 98.6 cm³/mol. The fourth-order valence-corrected chi connectivity index (χ4v) is 11.2. The van der Waals surface area contributed by atoms with Crippen molar-refractivity contribution in [2.45, 2.75) is 38.8 Å². The summed E-state index contributed by atoms with van der Waals surface area (Å²) in [6, 6.07) is 5.95. The Labute approximate surface area is 137 Å². The Morgan fingerprint density at radius 1 is 1.25 bits per heavy atom. The van der Waals surface area contributed by atoms with Gasteiger partial charge in [0.2, 0.25) is 0 Å². The average molecular weight is 404 g/mol. The van der Waals surface area contributed by atoms with Gasteiger partial charge in [0.1, 0.15) is 0 Å². The highest BCUT2D eigenvalue weighted by molar-refractivity contribution is 14.1. The Kier molecular flexibility index (Phi) is 6.58. The van der Waals surface area contributed by atoms with Crippen molar-refractivity contribution in [3.63, 3.8) is 0 Å². The molecule has 112 valence electrons. The SMILES string of the molecule is C=Cc1cccc(OC)c1O[Si](CI)(C(C)C)C(C)C. The summed E-state index contributed by atoms with van der Waals surface area (Å²) in [4.78, 5) is 0. The standard InChI is InChI=1S/C16H25IO2Si/c1-7-14-9-8-10-15(18-6)16(14)19-20(11-17,12(2)3)13(4)5/h7-10,12-13H,1,11H2,2-6H3. The minimum Gasteiger partial charge on any atom is -0.539 e. The molecule has 0 saturated heterocycles. The highest BCUT2D eigenvalue weighted by Crippen LogP contribution is 2.41. The molecule has 1 aromatic rings. The van der Waals surface area contributed by atoms with Gasteiger partial charge in [-0.2, -0.15) is 0 Å². The maximum Gasteiger partial charge on any atom is 0.265 e. The van der Waals surface area contributed by atoms with Gasteiger partial charge in [-0.3, -0.25) is 0 Å². The molecule has 0 N–H and O–H groups in total. The van der Waals surface area contributed by atoms with E-state index in [1.54, 1.807) is 7.11 Å². The van der Waals surface area contributed by atoms with Gasteiger partial charge in [0.05, 0.1) is 7.11 Å². The van der Waals surface area contributed by atoms with Crippen molar-refractivity contribution in [2.75, 3.05) is 11.2 Å². The third-order valence-electron chi connectivity index (χ3n) is 3.90. The molecule has 20 heavy (non-hydrogen) atoms. The van der Waals surface area contributed by atoms with Crippen LogP contribution in [0.25, 0.3) is 6.08 Å². The zero-order valence-electron chi connectivity index (χ0n) is 13.1. The Bertz CT molecular complexity index is 450. The summed E-state index contributed by atoms with van der Waals surface area (Å²) >= 11 is 2.48. The van der Waals surface area contributed by atoms with Crippen LogP contribution in [0.4, 0.5) is 0 Å². The minimum atomic E-state index is -1.90. The van der Waals surface area contributed by atoms with Crippen LogP contribution in [0.5, 0.6) is 11.5 Å². The Morgan fingerprint density at radius 3 is 2.25 bits per heavy atom. The number of ether oxygens (including phenoxy) is 1. The number of para-hydroxylation sites is 1. The molecule has 0 radical (unpaired) electrons. The number of alkyl halides is 1. The topological polar surface area (TPSA) is 18.5 Å². The first-order valence-electron chi connectivity index (χ1n) is 6.97. The van der Waals surface area contributed by atoms with E-state index < -0.39 is 8.32 Å². The van der Waals surface area contributed by atoms with Crippen LogP contribution in [0.15, 0.2) is 24.8 Å². The van der Waals surface area contributed by atoms with Gasteiger partial charge in [0, 0.05) is 9.61 Å². The van der Waals surface area contributed by atoms with Crippen LogP contribution in [0.3, 0.4) is 0 Å². The average Bonchev–Trinajstić information content (AvgIpc) is 2.43. The van der Waals surface area contributed by atoms with Crippen LogP contribution in [0.1, 0.15) is 33.3 Å². The highest BCUT2D eigenvalue weighted by Gasteiger charge is 2.43. The molecule has 0 fully saturated rings. The van der Waals surface area contributed by atoms with Crippen LogP contribution >= 0.6 is 22.6 Å². The number of benzene rings is 1. The van der Waals surface area contributed by atoms with E-state index in [4.69, 9.17) is 9.16 Å². The summed E-state index contributed by atoms with van der Waals surface area (Å²) < 4.78 is 13.2. The molecule has 0 bridgehead atoms. The molecule has 0 heterocycles. The molecule has 0 aliphatic heterocycles. The summed E-state index contributed by atoms with van der Waals surface area (Å²) in [7, 11) is -0.214. The summed E-state index contributed by atoms with van der Waals surface area (Å²) in [5.74, 6) is 1.65. The quantitative estimate of drug-likeness (QED) is 0.342. The second-order valence-corrected chi connectivity index (χ2v) is 12.6. The molecule has 4 heteroatoms. The second-order valence-electron chi connectivity index (χ2n) is 5.58. The van der Waals surface area contributed by atoms with E-state index in [9.17, 15) is 0 Å². The van der Waals surface area contributed by atoms with E-state index in [0.717, 1.165) is 21.1 Å². The normalized spacial score (nSPS) is 11.8. The molecule has 0 atom stereocenters. The summed E-state index contributed by atoms with van der Waals surface area (Å²) in [5.41, 5.74) is 2.09. The molecular formula is C16H25IO2Si. The molecule has 0 saturated carbocycles. The van der Waals surface area contributed by atoms with Crippen molar-refractivity contribution in [3.05, 3.63) is 30.3 Å². The van der Waals surface area contributed by atoms with Crippen LogP contribution in [0, 0.1) is 0 Å². The van der Waals surface area contributed by atoms with E-state index in [0.29, 0.717) is 11.1 Å². The largest absolute Gasteiger partial charge is 0.539 e. The Hall–Kier alpha value is -0.493. The first-order chi connectivity index (χ1) is 9.42. The van der Waals surface area contributed by atoms with Gasteiger partial charge in [-0.1, -0.05) is 75.1 Å². The van der Waals surface area contributed by atoms with Crippen molar-refractivity contribution < 1.29 is 9.16 Å². The smallest absolute Gasteiger partial charge is 0.265 e. The van der Waals surface area contributed by atoms with Gasteiger partial charge in [-0.15, -0.1) is 0 Å². The zero-order chi connectivity index (χ0) is 15.3. The molecule has 1 rings (SSSR count). The van der Waals surface area contributed by atoms with Crippen molar-refractivity contribution in [2.24, 2.45) is 0 Å². The van der Waals surface area contributed by atoms with Gasteiger partial charge in [0.25, 0.3) is 8.32 Å². The monoisotopic (exact) mass is 404 g/mol. The van der Waals surface area contributed by atoms with Gasteiger partial charge < -0.3 is 9.16 Å². The van der Waals surface area contributed by atoms with E-state index >= 15 is 0 Å².